The Labute approximate surface area is 153 Å². The van der Waals surface area contributed by atoms with E-state index in [2.05, 4.69) is 9.98 Å². The van der Waals surface area contributed by atoms with Crippen molar-refractivity contribution in [3.05, 3.63) is 66.5 Å². The third-order valence-corrected chi connectivity index (χ3v) is 4.12. The SMILES string of the molecule is COc1ccc(CN(CCN)C(N)=Nc2ccc3cnccc3c2)cc1. The summed E-state index contributed by atoms with van der Waals surface area (Å²) in [6.45, 7) is 1.75. The van der Waals surface area contributed by atoms with Crippen LogP contribution in [0.1, 0.15) is 5.56 Å². The second kappa shape index (κ2) is 8.31. The van der Waals surface area contributed by atoms with E-state index in [0.717, 1.165) is 27.8 Å². The summed E-state index contributed by atoms with van der Waals surface area (Å²) < 4.78 is 5.20. The van der Waals surface area contributed by atoms with Crippen LogP contribution >= 0.6 is 0 Å². The van der Waals surface area contributed by atoms with Crippen LogP contribution in [-0.2, 0) is 6.54 Å². The van der Waals surface area contributed by atoms with Crippen molar-refractivity contribution in [3.63, 3.8) is 0 Å². The maximum absolute atomic E-state index is 6.27. The quantitative estimate of drug-likeness (QED) is 0.527. The molecule has 1 aromatic heterocycles. The fraction of sp³-hybridized carbons (Fsp3) is 0.200. The number of nitrogens with zero attached hydrogens (tertiary/aromatic N) is 3. The highest BCUT2D eigenvalue weighted by Gasteiger charge is 2.09. The summed E-state index contributed by atoms with van der Waals surface area (Å²) in [5.41, 5.74) is 13.9. The zero-order valence-electron chi connectivity index (χ0n) is 14.8. The lowest BCUT2D eigenvalue weighted by Gasteiger charge is -2.23. The van der Waals surface area contributed by atoms with Gasteiger partial charge in [-0.2, -0.15) is 0 Å². The second-order valence-corrected chi connectivity index (χ2v) is 5.94. The predicted octanol–water partition coefficient (Wildman–Crippen LogP) is 2.65. The highest BCUT2D eigenvalue weighted by molar-refractivity contribution is 5.87. The van der Waals surface area contributed by atoms with Gasteiger partial charge >= 0.3 is 0 Å². The monoisotopic (exact) mass is 349 g/mol. The molecular formula is C20H23N5O. The molecule has 0 aliphatic rings. The maximum atomic E-state index is 6.27. The van der Waals surface area contributed by atoms with Crippen molar-refractivity contribution >= 4 is 22.4 Å². The fourth-order valence-corrected chi connectivity index (χ4v) is 2.73. The molecule has 0 aliphatic heterocycles. The third kappa shape index (κ3) is 4.29. The molecule has 3 rings (SSSR count). The van der Waals surface area contributed by atoms with Crippen molar-refractivity contribution in [3.8, 4) is 5.75 Å². The van der Waals surface area contributed by atoms with E-state index in [9.17, 15) is 0 Å². The van der Waals surface area contributed by atoms with Gasteiger partial charge in [0.15, 0.2) is 5.96 Å². The van der Waals surface area contributed by atoms with Crippen LogP contribution in [0.4, 0.5) is 5.69 Å². The Morgan fingerprint density at radius 1 is 1.12 bits per heavy atom. The van der Waals surface area contributed by atoms with Gasteiger partial charge < -0.3 is 21.1 Å². The highest BCUT2D eigenvalue weighted by Crippen LogP contribution is 2.21. The van der Waals surface area contributed by atoms with Crippen LogP contribution in [0.5, 0.6) is 5.75 Å². The van der Waals surface area contributed by atoms with E-state index in [1.807, 2.05) is 59.6 Å². The molecule has 0 aliphatic carbocycles. The van der Waals surface area contributed by atoms with E-state index >= 15 is 0 Å². The molecule has 0 amide bonds. The Kier molecular flexibility index (Phi) is 5.66. The zero-order valence-corrected chi connectivity index (χ0v) is 14.8. The number of fused-ring (bicyclic) bond motifs is 1. The fourth-order valence-electron chi connectivity index (χ4n) is 2.73. The van der Waals surface area contributed by atoms with Gasteiger partial charge in [0.25, 0.3) is 0 Å². The number of rotatable bonds is 6. The number of hydrogen-bond donors (Lipinski definition) is 2. The maximum Gasteiger partial charge on any atom is 0.196 e. The molecule has 0 radical (unpaired) electrons. The Balaban J connectivity index is 1.81. The van der Waals surface area contributed by atoms with E-state index in [0.29, 0.717) is 25.6 Å². The topological polar surface area (TPSA) is 89.8 Å². The summed E-state index contributed by atoms with van der Waals surface area (Å²) in [5, 5.41) is 2.15. The molecule has 6 nitrogen and oxygen atoms in total. The molecule has 4 N–H and O–H groups in total. The standard InChI is InChI=1S/C20H23N5O/c1-26-19-6-2-15(3-7-19)14-25(11-9-21)20(22)24-18-5-4-17-13-23-10-8-16(17)12-18/h2-8,10,12-13H,9,11,14,21H2,1H3,(H2,22,24). The molecule has 0 bridgehead atoms. The number of methoxy groups -OCH3 is 1. The lowest BCUT2D eigenvalue weighted by atomic mass is 10.1. The summed E-state index contributed by atoms with van der Waals surface area (Å²) >= 11 is 0. The minimum atomic E-state index is 0.444. The Bertz CT molecular complexity index is 892. The van der Waals surface area contributed by atoms with E-state index < -0.39 is 0 Å². The first kappa shape index (κ1) is 17.7. The number of benzene rings is 2. The average Bonchev–Trinajstić information content (AvgIpc) is 2.68. The molecule has 0 unspecified atom stereocenters. The van der Waals surface area contributed by atoms with Crippen LogP contribution in [0, 0.1) is 0 Å². The van der Waals surface area contributed by atoms with Crippen LogP contribution in [0.15, 0.2) is 65.9 Å². The first-order valence-corrected chi connectivity index (χ1v) is 8.45. The lowest BCUT2D eigenvalue weighted by molar-refractivity contribution is 0.409. The van der Waals surface area contributed by atoms with Gasteiger partial charge in [0.2, 0.25) is 0 Å². The van der Waals surface area contributed by atoms with E-state index in [4.69, 9.17) is 16.2 Å². The zero-order chi connectivity index (χ0) is 18.4. The first-order valence-electron chi connectivity index (χ1n) is 8.45. The van der Waals surface area contributed by atoms with Crippen LogP contribution in [-0.4, -0.2) is 36.0 Å². The number of guanidine groups is 1. The van der Waals surface area contributed by atoms with Gasteiger partial charge in [-0.25, -0.2) is 4.99 Å². The molecule has 0 fully saturated rings. The Hall–Kier alpha value is -3.12. The van der Waals surface area contributed by atoms with Crippen LogP contribution in [0.3, 0.4) is 0 Å². The van der Waals surface area contributed by atoms with Gasteiger partial charge in [0, 0.05) is 37.4 Å². The van der Waals surface area contributed by atoms with Crippen molar-refractivity contribution < 1.29 is 4.74 Å². The van der Waals surface area contributed by atoms with Gasteiger partial charge in [-0.1, -0.05) is 18.2 Å². The van der Waals surface area contributed by atoms with E-state index in [1.165, 1.54) is 0 Å². The molecule has 26 heavy (non-hydrogen) atoms. The molecule has 0 spiro atoms. The molecule has 3 aromatic rings. The normalized spacial score (nSPS) is 11.5. The molecule has 134 valence electrons. The minimum absolute atomic E-state index is 0.444. The summed E-state index contributed by atoms with van der Waals surface area (Å²) in [5.74, 6) is 1.27. The predicted molar refractivity (Wildman–Crippen MR) is 105 cm³/mol. The molecule has 0 saturated carbocycles. The van der Waals surface area contributed by atoms with Crippen molar-refractivity contribution in [1.29, 1.82) is 0 Å². The molecular weight excluding hydrogens is 326 g/mol. The largest absolute Gasteiger partial charge is 0.497 e. The van der Waals surface area contributed by atoms with Crippen LogP contribution < -0.4 is 16.2 Å². The van der Waals surface area contributed by atoms with E-state index in [1.54, 1.807) is 13.3 Å². The van der Waals surface area contributed by atoms with Gasteiger partial charge in [-0.3, -0.25) is 4.98 Å². The van der Waals surface area contributed by atoms with Crippen molar-refractivity contribution in [1.82, 2.24) is 9.88 Å². The van der Waals surface area contributed by atoms with Gasteiger partial charge in [-0.05, 0) is 41.3 Å². The molecule has 0 atom stereocenters. The minimum Gasteiger partial charge on any atom is -0.497 e. The van der Waals surface area contributed by atoms with Crippen LogP contribution in [0.25, 0.3) is 10.8 Å². The third-order valence-electron chi connectivity index (χ3n) is 4.12. The summed E-state index contributed by atoms with van der Waals surface area (Å²) in [6, 6.07) is 15.8. The first-order chi connectivity index (χ1) is 12.7. The van der Waals surface area contributed by atoms with Crippen molar-refractivity contribution in [2.75, 3.05) is 20.2 Å². The molecule has 2 aromatic carbocycles. The molecule has 6 heteroatoms. The Morgan fingerprint density at radius 2 is 1.92 bits per heavy atom. The molecule has 0 saturated heterocycles. The van der Waals surface area contributed by atoms with Gasteiger partial charge in [0.05, 0.1) is 12.8 Å². The van der Waals surface area contributed by atoms with Gasteiger partial charge in [-0.15, -0.1) is 0 Å². The van der Waals surface area contributed by atoms with Gasteiger partial charge in [0.1, 0.15) is 5.75 Å². The Morgan fingerprint density at radius 3 is 2.65 bits per heavy atom. The number of ether oxygens (including phenoxy) is 1. The summed E-state index contributed by atoms with van der Waals surface area (Å²) in [6.07, 6.45) is 3.60. The second-order valence-electron chi connectivity index (χ2n) is 5.94. The number of aliphatic imine (C=N–C) groups is 1. The van der Waals surface area contributed by atoms with Crippen molar-refractivity contribution in [2.45, 2.75) is 6.54 Å². The summed E-state index contributed by atoms with van der Waals surface area (Å²) in [4.78, 5) is 10.7. The average molecular weight is 349 g/mol. The highest BCUT2D eigenvalue weighted by atomic mass is 16.5. The molecule has 1 heterocycles. The lowest BCUT2D eigenvalue weighted by Crippen LogP contribution is -2.39. The number of hydrogen-bond acceptors (Lipinski definition) is 4. The summed E-state index contributed by atoms with van der Waals surface area (Å²) in [7, 11) is 1.65. The number of aromatic nitrogens is 1. The van der Waals surface area contributed by atoms with Crippen LogP contribution in [0.2, 0.25) is 0 Å². The van der Waals surface area contributed by atoms with E-state index in [-0.39, 0.29) is 0 Å². The van der Waals surface area contributed by atoms with Crippen molar-refractivity contribution in [2.24, 2.45) is 16.5 Å². The number of nitrogens with two attached hydrogens (primary N) is 2. The smallest absolute Gasteiger partial charge is 0.196 e. The number of pyridine rings is 1.